The van der Waals surface area contributed by atoms with Gasteiger partial charge in [-0.05, 0) is 5.56 Å². The second-order valence-electron chi connectivity index (χ2n) is 5.70. The van der Waals surface area contributed by atoms with Crippen molar-refractivity contribution >= 4 is 5.91 Å². The molecular weight excluding hydrogens is 290 g/mol. The number of carbonyl (C=O) groups excluding carboxylic acids is 1. The SMILES string of the molecule is COCC(CN1CCC(F)(F)C1)C(=O)NCc1ccccc1. The summed E-state index contributed by atoms with van der Waals surface area (Å²) in [5.74, 6) is -3.25. The number of hydrogen-bond donors (Lipinski definition) is 1. The van der Waals surface area contributed by atoms with E-state index < -0.39 is 11.8 Å². The highest BCUT2D eigenvalue weighted by molar-refractivity contribution is 5.79. The van der Waals surface area contributed by atoms with E-state index in [2.05, 4.69) is 5.32 Å². The standard InChI is InChI=1S/C16H22F2N2O2/c1-22-11-14(10-20-8-7-16(17,18)12-20)15(21)19-9-13-5-3-2-4-6-13/h2-6,14H,7-12H2,1H3,(H,19,21). The maximum Gasteiger partial charge on any atom is 0.261 e. The molecule has 1 fully saturated rings. The Balaban J connectivity index is 1.85. The molecule has 0 aliphatic carbocycles. The van der Waals surface area contributed by atoms with Crippen molar-refractivity contribution in [1.82, 2.24) is 10.2 Å². The minimum atomic E-state index is -2.64. The second-order valence-corrected chi connectivity index (χ2v) is 5.70. The van der Waals surface area contributed by atoms with Crippen molar-refractivity contribution in [3.63, 3.8) is 0 Å². The molecule has 0 radical (unpaired) electrons. The van der Waals surface area contributed by atoms with E-state index in [-0.39, 0.29) is 25.5 Å². The van der Waals surface area contributed by atoms with Crippen LogP contribution in [-0.4, -0.2) is 50.1 Å². The molecule has 0 spiro atoms. The number of hydrogen-bond acceptors (Lipinski definition) is 3. The van der Waals surface area contributed by atoms with Crippen LogP contribution in [0.15, 0.2) is 30.3 Å². The van der Waals surface area contributed by atoms with Gasteiger partial charge >= 0.3 is 0 Å². The summed E-state index contributed by atoms with van der Waals surface area (Å²) in [4.78, 5) is 13.9. The fourth-order valence-electron chi connectivity index (χ4n) is 2.62. The smallest absolute Gasteiger partial charge is 0.261 e. The highest BCUT2D eigenvalue weighted by Crippen LogP contribution is 2.27. The Labute approximate surface area is 129 Å². The molecule has 122 valence electrons. The zero-order valence-electron chi connectivity index (χ0n) is 12.7. The molecule has 1 saturated heterocycles. The van der Waals surface area contributed by atoms with Crippen molar-refractivity contribution in [1.29, 1.82) is 0 Å². The number of benzene rings is 1. The van der Waals surface area contributed by atoms with E-state index >= 15 is 0 Å². The average Bonchev–Trinajstić information content (AvgIpc) is 2.84. The van der Waals surface area contributed by atoms with E-state index in [1.165, 1.54) is 7.11 Å². The third-order valence-electron chi connectivity index (χ3n) is 3.78. The number of nitrogens with zero attached hydrogens (tertiary/aromatic N) is 1. The van der Waals surface area contributed by atoms with Crippen molar-refractivity contribution in [2.45, 2.75) is 18.9 Å². The highest BCUT2D eigenvalue weighted by atomic mass is 19.3. The van der Waals surface area contributed by atoms with Gasteiger partial charge in [0.15, 0.2) is 0 Å². The number of amides is 1. The fraction of sp³-hybridized carbons (Fsp3) is 0.562. The monoisotopic (exact) mass is 312 g/mol. The number of nitrogens with one attached hydrogen (secondary N) is 1. The summed E-state index contributed by atoms with van der Waals surface area (Å²) < 4.78 is 31.5. The molecule has 1 heterocycles. The lowest BCUT2D eigenvalue weighted by molar-refractivity contribution is -0.127. The molecule has 0 bridgehead atoms. The molecule has 2 rings (SSSR count). The molecular formula is C16H22F2N2O2. The fourth-order valence-corrected chi connectivity index (χ4v) is 2.62. The van der Waals surface area contributed by atoms with Crippen LogP contribution in [0.5, 0.6) is 0 Å². The van der Waals surface area contributed by atoms with Crippen LogP contribution in [-0.2, 0) is 16.1 Å². The van der Waals surface area contributed by atoms with Crippen molar-refractivity contribution in [3.8, 4) is 0 Å². The van der Waals surface area contributed by atoms with Crippen molar-refractivity contribution in [2.24, 2.45) is 5.92 Å². The average molecular weight is 312 g/mol. The molecule has 22 heavy (non-hydrogen) atoms. The summed E-state index contributed by atoms with van der Waals surface area (Å²) in [5.41, 5.74) is 1.000. The summed E-state index contributed by atoms with van der Waals surface area (Å²) in [7, 11) is 1.51. The Morgan fingerprint density at radius 2 is 2.14 bits per heavy atom. The van der Waals surface area contributed by atoms with E-state index in [1.807, 2.05) is 30.3 Å². The molecule has 1 amide bonds. The van der Waals surface area contributed by atoms with E-state index in [0.717, 1.165) is 5.56 Å². The maximum absolute atomic E-state index is 13.2. The van der Waals surface area contributed by atoms with Gasteiger partial charge in [0.2, 0.25) is 5.91 Å². The van der Waals surface area contributed by atoms with Crippen LogP contribution in [0.4, 0.5) is 8.78 Å². The first-order valence-corrected chi connectivity index (χ1v) is 7.41. The second kappa shape index (κ2) is 7.65. The summed E-state index contributed by atoms with van der Waals surface area (Å²) in [6, 6.07) is 9.56. The van der Waals surface area contributed by atoms with Crippen LogP contribution in [0.3, 0.4) is 0 Å². The lowest BCUT2D eigenvalue weighted by atomic mass is 10.1. The Morgan fingerprint density at radius 1 is 1.41 bits per heavy atom. The van der Waals surface area contributed by atoms with Gasteiger partial charge in [0.05, 0.1) is 19.1 Å². The molecule has 0 saturated carbocycles. The summed E-state index contributed by atoms with van der Waals surface area (Å²) in [6.45, 7) is 0.987. The molecule has 1 N–H and O–H groups in total. The minimum absolute atomic E-state index is 0.141. The summed E-state index contributed by atoms with van der Waals surface area (Å²) in [5, 5.41) is 2.85. The molecule has 0 aromatic heterocycles. The predicted molar refractivity (Wildman–Crippen MR) is 79.7 cm³/mol. The Bertz CT molecular complexity index is 482. The van der Waals surface area contributed by atoms with Gasteiger partial charge in [0.1, 0.15) is 0 Å². The number of carbonyl (C=O) groups is 1. The third kappa shape index (κ3) is 5.03. The molecule has 6 heteroatoms. The van der Waals surface area contributed by atoms with Gasteiger partial charge in [-0.2, -0.15) is 0 Å². The maximum atomic E-state index is 13.2. The van der Waals surface area contributed by atoms with E-state index in [1.54, 1.807) is 4.90 Å². The van der Waals surface area contributed by atoms with Crippen LogP contribution in [0, 0.1) is 5.92 Å². The van der Waals surface area contributed by atoms with Crippen LogP contribution in [0.2, 0.25) is 0 Å². The molecule has 1 aromatic carbocycles. The van der Waals surface area contributed by atoms with Gasteiger partial charge in [-0.3, -0.25) is 9.69 Å². The van der Waals surface area contributed by atoms with Gasteiger partial charge in [-0.15, -0.1) is 0 Å². The number of halogens is 2. The van der Waals surface area contributed by atoms with Crippen molar-refractivity contribution < 1.29 is 18.3 Å². The van der Waals surface area contributed by atoms with Crippen LogP contribution in [0.25, 0.3) is 0 Å². The highest BCUT2D eigenvalue weighted by Gasteiger charge is 2.39. The summed E-state index contributed by atoms with van der Waals surface area (Å²) >= 11 is 0. The Hall–Kier alpha value is -1.53. The number of alkyl halides is 2. The zero-order valence-corrected chi connectivity index (χ0v) is 12.7. The number of methoxy groups -OCH3 is 1. The number of ether oxygens (including phenoxy) is 1. The lowest BCUT2D eigenvalue weighted by Gasteiger charge is -2.22. The third-order valence-corrected chi connectivity index (χ3v) is 3.78. The molecule has 1 aliphatic rings. The summed E-state index contributed by atoms with van der Waals surface area (Å²) in [6.07, 6.45) is -0.141. The number of rotatable bonds is 7. The largest absolute Gasteiger partial charge is 0.384 e. The van der Waals surface area contributed by atoms with E-state index in [4.69, 9.17) is 4.74 Å². The first-order chi connectivity index (χ1) is 10.5. The van der Waals surface area contributed by atoms with Gasteiger partial charge in [-0.25, -0.2) is 8.78 Å². The minimum Gasteiger partial charge on any atom is -0.384 e. The van der Waals surface area contributed by atoms with Gasteiger partial charge in [-0.1, -0.05) is 30.3 Å². The topological polar surface area (TPSA) is 41.6 Å². The first-order valence-electron chi connectivity index (χ1n) is 7.41. The van der Waals surface area contributed by atoms with Crippen molar-refractivity contribution in [2.75, 3.05) is 33.4 Å². The van der Waals surface area contributed by atoms with Gasteiger partial charge in [0.25, 0.3) is 5.92 Å². The Morgan fingerprint density at radius 3 is 2.73 bits per heavy atom. The molecule has 1 aliphatic heterocycles. The number of likely N-dealkylation sites (tertiary alicyclic amines) is 1. The molecule has 4 nitrogen and oxygen atoms in total. The normalized spacial score (nSPS) is 19.0. The zero-order chi connectivity index (χ0) is 16.0. The predicted octanol–water partition coefficient (Wildman–Crippen LogP) is 1.91. The quantitative estimate of drug-likeness (QED) is 0.836. The first kappa shape index (κ1) is 16.8. The van der Waals surface area contributed by atoms with E-state index in [9.17, 15) is 13.6 Å². The van der Waals surface area contributed by atoms with Crippen LogP contribution in [0.1, 0.15) is 12.0 Å². The lowest BCUT2D eigenvalue weighted by Crippen LogP contribution is -2.40. The Kier molecular flexibility index (Phi) is 5.85. The van der Waals surface area contributed by atoms with Crippen LogP contribution >= 0.6 is 0 Å². The van der Waals surface area contributed by atoms with Gasteiger partial charge < -0.3 is 10.1 Å². The molecule has 1 atom stereocenters. The van der Waals surface area contributed by atoms with Crippen molar-refractivity contribution in [3.05, 3.63) is 35.9 Å². The van der Waals surface area contributed by atoms with Crippen LogP contribution < -0.4 is 5.32 Å². The van der Waals surface area contributed by atoms with E-state index in [0.29, 0.717) is 19.6 Å². The molecule has 1 unspecified atom stereocenters. The molecule has 1 aromatic rings. The van der Waals surface area contributed by atoms with Gasteiger partial charge in [0, 0.05) is 33.2 Å².